The molecule has 0 aromatic carbocycles. The molecule has 8 nitrogen and oxygen atoms in total. The maximum atomic E-state index is 13.6. The van der Waals surface area contributed by atoms with Gasteiger partial charge in [-0.15, -0.1) is 0 Å². The summed E-state index contributed by atoms with van der Waals surface area (Å²) in [5, 5.41) is 0. The lowest BCUT2D eigenvalue weighted by molar-refractivity contribution is -0.361. The van der Waals surface area contributed by atoms with Gasteiger partial charge in [-0.3, -0.25) is 23.8 Å². The van der Waals surface area contributed by atoms with Gasteiger partial charge in [-0.1, -0.05) is 12.8 Å². The molecule has 1 saturated heterocycles. The number of amides is 2. The van der Waals surface area contributed by atoms with E-state index in [0.717, 1.165) is 17.7 Å². The van der Waals surface area contributed by atoms with Crippen LogP contribution >= 0.6 is 0 Å². The minimum absolute atomic E-state index is 0.0953. The molecule has 4 aliphatic rings. The SMILES string of the molecule is O=C(CC12CCC(C1)C1CN(C(=O)C3CCCC3)C(=O)C12)OC(CS(=O)(=O)O)(C(F)(F)F)C(F)(F)F. The van der Waals surface area contributed by atoms with E-state index < -0.39 is 63.5 Å². The van der Waals surface area contributed by atoms with Crippen LogP contribution in [0.25, 0.3) is 0 Å². The molecule has 36 heavy (non-hydrogen) atoms. The first-order valence-electron chi connectivity index (χ1n) is 11.6. The van der Waals surface area contributed by atoms with Gasteiger partial charge < -0.3 is 4.74 Å². The van der Waals surface area contributed by atoms with E-state index in [2.05, 4.69) is 4.74 Å². The highest BCUT2D eigenvalue weighted by molar-refractivity contribution is 7.85. The van der Waals surface area contributed by atoms with Gasteiger partial charge in [-0.2, -0.15) is 34.8 Å². The molecule has 4 unspecified atom stereocenters. The van der Waals surface area contributed by atoms with Crippen molar-refractivity contribution in [3.8, 4) is 0 Å². The predicted molar refractivity (Wildman–Crippen MR) is 107 cm³/mol. The van der Waals surface area contributed by atoms with Crippen molar-refractivity contribution in [3.05, 3.63) is 0 Å². The fourth-order valence-corrected chi connectivity index (χ4v) is 7.75. The smallest absolute Gasteiger partial charge is 0.438 e. The largest absolute Gasteiger partial charge is 0.438 e. The average molecular weight is 549 g/mol. The van der Waals surface area contributed by atoms with E-state index in [0.29, 0.717) is 19.3 Å². The second kappa shape index (κ2) is 8.57. The Kier molecular flexibility index (Phi) is 6.46. The van der Waals surface area contributed by atoms with Crippen LogP contribution in [0.2, 0.25) is 0 Å². The Morgan fingerprint density at radius 1 is 1.06 bits per heavy atom. The van der Waals surface area contributed by atoms with Gasteiger partial charge in [0.2, 0.25) is 11.8 Å². The summed E-state index contributed by atoms with van der Waals surface area (Å²) in [5.74, 6) is -7.61. The number of rotatable bonds is 6. The van der Waals surface area contributed by atoms with E-state index in [-0.39, 0.29) is 43.0 Å². The lowest BCUT2D eigenvalue weighted by atomic mass is 9.69. The molecule has 0 spiro atoms. The van der Waals surface area contributed by atoms with Gasteiger partial charge in [0.25, 0.3) is 10.1 Å². The fraction of sp³-hybridized carbons (Fsp3) is 0.857. The normalized spacial score (nSPS) is 31.2. The topological polar surface area (TPSA) is 118 Å². The first-order chi connectivity index (χ1) is 16.4. The summed E-state index contributed by atoms with van der Waals surface area (Å²) >= 11 is 0. The Morgan fingerprint density at radius 2 is 1.64 bits per heavy atom. The number of alkyl halides is 6. The molecule has 15 heteroatoms. The summed E-state index contributed by atoms with van der Waals surface area (Å²) in [6, 6.07) is 0. The molecule has 1 aliphatic heterocycles. The number of esters is 1. The lowest BCUT2D eigenvalue weighted by Crippen LogP contribution is -2.63. The zero-order chi connectivity index (χ0) is 26.9. The van der Waals surface area contributed by atoms with Crippen molar-refractivity contribution < 1.29 is 58.4 Å². The summed E-state index contributed by atoms with van der Waals surface area (Å²) in [6.45, 7) is 0.0953. The van der Waals surface area contributed by atoms with Gasteiger partial charge in [-0.25, -0.2) is 0 Å². The number of hydrogen-bond acceptors (Lipinski definition) is 6. The van der Waals surface area contributed by atoms with Crippen LogP contribution in [0.15, 0.2) is 0 Å². The minimum atomic E-state index is -6.42. The third kappa shape index (κ3) is 4.39. The number of hydrogen-bond donors (Lipinski definition) is 1. The highest BCUT2D eigenvalue weighted by Crippen LogP contribution is 2.65. The van der Waals surface area contributed by atoms with E-state index in [1.165, 1.54) is 0 Å². The van der Waals surface area contributed by atoms with Crippen LogP contribution in [0.4, 0.5) is 26.3 Å². The third-order valence-electron chi connectivity index (χ3n) is 8.36. The van der Waals surface area contributed by atoms with Gasteiger partial charge in [0.15, 0.2) is 0 Å². The van der Waals surface area contributed by atoms with Crippen molar-refractivity contribution in [2.75, 3.05) is 12.3 Å². The number of imide groups is 1. The second-order valence-electron chi connectivity index (χ2n) is 10.5. The quantitative estimate of drug-likeness (QED) is 0.234. The van der Waals surface area contributed by atoms with Gasteiger partial charge >= 0.3 is 23.9 Å². The predicted octanol–water partition coefficient (Wildman–Crippen LogP) is 3.26. The number of fused-ring (bicyclic) bond motifs is 5. The average Bonchev–Trinajstić information content (AvgIpc) is 3.46. The molecule has 4 fully saturated rings. The van der Waals surface area contributed by atoms with Crippen LogP contribution in [0.1, 0.15) is 51.4 Å². The van der Waals surface area contributed by atoms with E-state index in [4.69, 9.17) is 4.55 Å². The van der Waals surface area contributed by atoms with Crippen LogP contribution in [-0.2, 0) is 29.2 Å². The molecule has 1 N–H and O–H groups in total. The van der Waals surface area contributed by atoms with Crippen molar-refractivity contribution in [1.29, 1.82) is 0 Å². The minimum Gasteiger partial charge on any atom is -0.438 e. The number of ether oxygens (including phenoxy) is 1. The van der Waals surface area contributed by atoms with Gasteiger partial charge in [0.05, 0.1) is 6.42 Å². The molecule has 0 radical (unpaired) electrons. The van der Waals surface area contributed by atoms with Crippen molar-refractivity contribution in [2.45, 2.75) is 69.3 Å². The molecule has 3 aliphatic carbocycles. The summed E-state index contributed by atoms with van der Waals surface area (Å²) in [4.78, 5) is 39.8. The molecule has 0 aromatic rings. The highest BCUT2D eigenvalue weighted by Gasteiger charge is 2.76. The van der Waals surface area contributed by atoms with E-state index in [1.54, 1.807) is 0 Å². The van der Waals surface area contributed by atoms with E-state index in [9.17, 15) is 49.1 Å². The molecule has 0 aromatic heterocycles. The number of carbonyl (C=O) groups is 3. The first kappa shape index (κ1) is 27.1. The zero-order valence-electron chi connectivity index (χ0n) is 18.9. The molecule has 2 amide bonds. The molecule has 2 bridgehead atoms. The van der Waals surface area contributed by atoms with E-state index in [1.807, 2.05) is 0 Å². The summed E-state index contributed by atoms with van der Waals surface area (Å²) < 4.78 is 116. The maximum Gasteiger partial charge on any atom is 0.438 e. The summed E-state index contributed by atoms with van der Waals surface area (Å²) in [6.07, 6.45) is -10.1. The lowest BCUT2D eigenvalue weighted by Gasteiger charge is -2.38. The van der Waals surface area contributed by atoms with Crippen LogP contribution in [0.5, 0.6) is 0 Å². The third-order valence-corrected chi connectivity index (χ3v) is 9.13. The molecule has 3 saturated carbocycles. The van der Waals surface area contributed by atoms with Crippen LogP contribution < -0.4 is 0 Å². The van der Waals surface area contributed by atoms with Crippen molar-refractivity contribution >= 4 is 27.9 Å². The number of nitrogens with zero attached hydrogens (tertiary/aromatic N) is 1. The van der Waals surface area contributed by atoms with Crippen molar-refractivity contribution in [3.63, 3.8) is 0 Å². The number of carbonyl (C=O) groups excluding carboxylic acids is 3. The summed E-state index contributed by atoms with van der Waals surface area (Å²) in [7, 11) is -5.90. The Balaban J connectivity index is 1.58. The molecule has 4 atom stereocenters. The highest BCUT2D eigenvalue weighted by atomic mass is 32.2. The zero-order valence-corrected chi connectivity index (χ0v) is 19.7. The standard InChI is InChI=1S/C21H25F6NO7S/c22-20(23,24)19(21(25,26)27,10-36(32,33)34)35-14(29)8-18-6-5-12(7-18)13-9-28(17(31)15(13)18)16(30)11-3-1-2-4-11/h11-13,15H,1-10H2,(H,32,33,34). The van der Waals surface area contributed by atoms with Crippen LogP contribution in [-0.4, -0.2) is 65.9 Å². The molecular weight excluding hydrogens is 524 g/mol. The Bertz CT molecular complexity index is 1040. The first-order valence-corrected chi connectivity index (χ1v) is 13.2. The van der Waals surface area contributed by atoms with Crippen LogP contribution in [0, 0.1) is 29.1 Å². The van der Waals surface area contributed by atoms with Crippen molar-refractivity contribution in [1.82, 2.24) is 4.90 Å². The van der Waals surface area contributed by atoms with E-state index >= 15 is 0 Å². The Hall–Kier alpha value is -1.90. The van der Waals surface area contributed by atoms with Gasteiger partial charge in [0, 0.05) is 18.4 Å². The molecule has 1 heterocycles. The monoisotopic (exact) mass is 549 g/mol. The van der Waals surface area contributed by atoms with Gasteiger partial charge in [-0.05, 0) is 49.4 Å². The fourth-order valence-electron chi connectivity index (χ4n) is 6.85. The second-order valence-corrected chi connectivity index (χ2v) is 11.9. The van der Waals surface area contributed by atoms with Gasteiger partial charge in [0.1, 0.15) is 5.75 Å². The maximum absolute atomic E-state index is 13.6. The summed E-state index contributed by atoms with van der Waals surface area (Å²) in [5.41, 5.74) is -6.78. The van der Waals surface area contributed by atoms with Crippen molar-refractivity contribution in [2.24, 2.45) is 29.1 Å². The number of likely N-dealkylation sites (tertiary alicyclic amines) is 1. The molecule has 4 rings (SSSR count). The number of halogens is 6. The molecule has 204 valence electrons. The molecular formula is C21H25F6NO7S. The van der Waals surface area contributed by atoms with Crippen LogP contribution in [0.3, 0.4) is 0 Å². The Morgan fingerprint density at radius 3 is 2.17 bits per heavy atom. The Labute approximate surface area is 202 Å².